The molecule has 1 heterocycles. The van der Waals surface area contributed by atoms with Crippen LogP contribution in [-0.2, 0) is 4.79 Å². The van der Waals surface area contributed by atoms with Crippen LogP contribution < -0.4 is 5.32 Å². The molecule has 0 spiro atoms. The van der Waals surface area contributed by atoms with Crippen molar-refractivity contribution < 1.29 is 4.79 Å². The maximum Gasteiger partial charge on any atom is 0.235 e. The van der Waals surface area contributed by atoms with Crippen molar-refractivity contribution in [2.24, 2.45) is 11.8 Å². The number of hydrogen-bond donors (Lipinski definition) is 1. The molecule has 112 valence electrons. The summed E-state index contributed by atoms with van der Waals surface area (Å²) in [4.78, 5) is 14.6. The van der Waals surface area contributed by atoms with E-state index in [0.717, 1.165) is 50.7 Å². The lowest BCUT2D eigenvalue weighted by Crippen LogP contribution is -2.45. The SMILES string of the molecule is CCNCC1CCN(C(=O)C(SCC)C(C)C)CC1. The number of carbonyl (C=O) groups is 1. The molecule has 1 N–H and O–H groups in total. The predicted octanol–water partition coefficient (Wildman–Crippen LogP) is 2.61. The van der Waals surface area contributed by atoms with Crippen LogP contribution in [0.1, 0.15) is 40.5 Å². The fourth-order valence-corrected chi connectivity index (χ4v) is 3.65. The summed E-state index contributed by atoms with van der Waals surface area (Å²) in [6.45, 7) is 12.6. The highest BCUT2D eigenvalue weighted by molar-refractivity contribution is 8.00. The predicted molar refractivity (Wildman–Crippen MR) is 84.6 cm³/mol. The lowest BCUT2D eigenvalue weighted by molar-refractivity contribution is -0.132. The average Bonchev–Trinajstić information content (AvgIpc) is 2.42. The monoisotopic (exact) mass is 286 g/mol. The summed E-state index contributed by atoms with van der Waals surface area (Å²) in [5.41, 5.74) is 0. The van der Waals surface area contributed by atoms with Gasteiger partial charge in [-0.25, -0.2) is 0 Å². The molecule has 0 aromatic carbocycles. The molecule has 0 aliphatic carbocycles. The lowest BCUT2D eigenvalue weighted by atomic mass is 9.96. The smallest absolute Gasteiger partial charge is 0.235 e. The van der Waals surface area contributed by atoms with Crippen molar-refractivity contribution >= 4 is 17.7 Å². The molecule has 4 heteroatoms. The van der Waals surface area contributed by atoms with Gasteiger partial charge in [-0.2, -0.15) is 0 Å². The molecule has 0 radical (unpaired) electrons. The zero-order valence-corrected chi connectivity index (χ0v) is 13.8. The summed E-state index contributed by atoms with van der Waals surface area (Å²) in [6, 6.07) is 0. The van der Waals surface area contributed by atoms with Crippen molar-refractivity contribution in [3.05, 3.63) is 0 Å². The van der Waals surface area contributed by atoms with E-state index < -0.39 is 0 Å². The molecule has 1 fully saturated rings. The fourth-order valence-electron chi connectivity index (χ4n) is 2.61. The van der Waals surface area contributed by atoms with E-state index in [2.05, 4.69) is 37.9 Å². The summed E-state index contributed by atoms with van der Waals surface area (Å²) in [5.74, 6) is 2.56. The molecule has 1 unspecified atom stereocenters. The van der Waals surface area contributed by atoms with Gasteiger partial charge in [-0.3, -0.25) is 4.79 Å². The number of nitrogens with zero attached hydrogens (tertiary/aromatic N) is 1. The Labute approximate surface area is 122 Å². The Hall–Kier alpha value is -0.220. The zero-order valence-electron chi connectivity index (χ0n) is 12.9. The average molecular weight is 286 g/mol. The van der Waals surface area contributed by atoms with Gasteiger partial charge in [0.2, 0.25) is 5.91 Å². The fraction of sp³-hybridized carbons (Fsp3) is 0.933. The number of nitrogens with one attached hydrogen (secondary N) is 1. The molecule has 1 aliphatic rings. The summed E-state index contributed by atoms with van der Waals surface area (Å²) >= 11 is 1.80. The number of rotatable bonds is 7. The first-order valence-electron chi connectivity index (χ1n) is 7.71. The Morgan fingerprint density at radius 3 is 2.42 bits per heavy atom. The number of amides is 1. The zero-order chi connectivity index (χ0) is 14.3. The van der Waals surface area contributed by atoms with Crippen LogP contribution in [0.15, 0.2) is 0 Å². The van der Waals surface area contributed by atoms with Gasteiger partial charge in [0.05, 0.1) is 5.25 Å². The molecular formula is C15H30N2OS. The van der Waals surface area contributed by atoms with Gasteiger partial charge in [0.1, 0.15) is 0 Å². The van der Waals surface area contributed by atoms with E-state index in [9.17, 15) is 4.79 Å². The van der Waals surface area contributed by atoms with Crippen LogP contribution in [0.2, 0.25) is 0 Å². The minimum Gasteiger partial charge on any atom is -0.342 e. The van der Waals surface area contributed by atoms with E-state index in [1.54, 1.807) is 11.8 Å². The van der Waals surface area contributed by atoms with Gasteiger partial charge in [-0.05, 0) is 43.5 Å². The van der Waals surface area contributed by atoms with Crippen LogP contribution in [0.25, 0.3) is 0 Å². The number of carbonyl (C=O) groups excluding carboxylic acids is 1. The Kier molecular flexibility index (Phi) is 7.84. The number of likely N-dealkylation sites (tertiary alicyclic amines) is 1. The second kappa shape index (κ2) is 8.85. The second-order valence-electron chi connectivity index (χ2n) is 5.70. The molecule has 1 amide bonds. The first kappa shape index (κ1) is 16.8. The Morgan fingerprint density at radius 2 is 1.95 bits per heavy atom. The number of thioether (sulfide) groups is 1. The molecule has 3 nitrogen and oxygen atoms in total. The summed E-state index contributed by atoms with van der Waals surface area (Å²) in [6.07, 6.45) is 2.31. The van der Waals surface area contributed by atoms with Crippen molar-refractivity contribution in [3.8, 4) is 0 Å². The quantitative estimate of drug-likeness (QED) is 0.781. The largest absolute Gasteiger partial charge is 0.342 e. The molecule has 19 heavy (non-hydrogen) atoms. The number of hydrogen-bond acceptors (Lipinski definition) is 3. The van der Waals surface area contributed by atoms with Crippen molar-refractivity contribution in [2.45, 2.75) is 45.8 Å². The van der Waals surface area contributed by atoms with Crippen LogP contribution in [0.5, 0.6) is 0 Å². The lowest BCUT2D eigenvalue weighted by Gasteiger charge is -2.35. The van der Waals surface area contributed by atoms with Gasteiger partial charge in [0.25, 0.3) is 0 Å². The van der Waals surface area contributed by atoms with Crippen LogP contribution in [0, 0.1) is 11.8 Å². The van der Waals surface area contributed by atoms with Crippen LogP contribution in [0.3, 0.4) is 0 Å². The number of piperidine rings is 1. The van der Waals surface area contributed by atoms with E-state index >= 15 is 0 Å². The van der Waals surface area contributed by atoms with Gasteiger partial charge in [0, 0.05) is 13.1 Å². The Bertz CT molecular complexity index is 263. The first-order valence-corrected chi connectivity index (χ1v) is 8.76. The first-order chi connectivity index (χ1) is 9.10. The van der Waals surface area contributed by atoms with Crippen molar-refractivity contribution in [3.63, 3.8) is 0 Å². The summed E-state index contributed by atoms with van der Waals surface area (Å²) < 4.78 is 0. The maximum absolute atomic E-state index is 12.5. The van der Waals surface area contributed by atoms with Gasteiger partial charge < -0.3 is 10.2 Å². The van der Waals surface area contributed by atoms with Crippen molar-refractivity contribution in [1.29, 1.82) is 0 Å². The molecule has 0 aromatic rings. The molecule has 1 atom stereocenters. The highest BCUT2D eigenvalue weighted by atomic mass is 32.2. The molecule has 1 aliphatic heterocycles. The van der Waals surface area contributed by atoms with E-state index in [0.29, 0.717) is 11.8 Å². The minimum absolute atomic E-state index is 0.148. The van der Waals surface area contributed by atoms with Gasteiger partial charge in [-0.1, -0.05) is 27.7 Å². The van der Waals surface area contributed by atoms with Crippen molar-refractivity contribution in [2.75, 3.05) is 31.9 Å². The van der Waals surface area contributed by atoms with Crippen LogP contribution in [-0.4, -0.2) is 48.0 Å². The standard InChI is InChI=1S/C15H30N2OS/c1-5-16-11-13-7-9-17(10-8-13)15(18)14(12(3)4)19-6-2/h12-14,16H,5-11H2,1-4H3. The summed E-state index contributed by atoms with van der Waals surface area (Å²) in [5, 5.41) is 3.56. The Morgan fingerprint density at radius 1 is 1.32 bits per heavy atom. The van der Waals surface area contributed by atoms with Crippen LogP contribution >= 0.6 is 11.8 Å². The van der Waals surface area contributed by atoms with E-state index in [1.807, 2.05) is 0 Å². The molecule has 0 bridgehead atoms. The van der Waals surface area contributed by atoms with E-state index in [1.165, 1.54) is 0 Å². The third-order valence-corrected chi connectivity index (χ3v) is 5.24. The minimum atomic E-state index is 0.148. The third kappa shape index (κ3) is 5.35. The van der Waals surface area contributed by atoms with Crippen LogP contribution in [0.4, 0.5) is 0 Å². The van der Waals surface area contributed by atoms with Gasteiger partial charge in [0.15, 0.2) is 0 Å². The van der Waals surface area contributed by atoms with E-state index in [-0.39, 0.29) is 5.25 Å². The summed E-state index contributed by atoms with van der Waals surface area (Å²) in [7, 11) is 0. The third-order valence-electron chi connectivity index (χ3n) is 3.80. The van der Waals surface area contributed by atoms with Gasteiger partial charge >= 0.3 is 0 Å². The molecule has 1 rings (SSSR count). The Balaban J connectivity index is 2.42. The molecule has 0 aromatic heterocycles. The topological polar surface area (TPSA) is 32.3 Å². The molecule has 0 saturated carbocycles. The maximum atomic E-state index is 12.5. The normalized spacial score (nSPS) is 18.9. The van der Waals surface area contributed by atoms with E-state index in [4.69, 9.17) is 0 Å². The second-order valence-corrected chi connectivity index (χ2v) is 7.11. The highest BCUT2D eigenvalue weighted by Crippen LogP contribution is 2.24. The highest BCUT2D eigenvalue weighted by Gasteiger charge is 2.29. The van der Waals surface area contributed by atoms with Gasteiger partial charge in [-0.15, -0.1) is 11.8 Å². The molecular weight excluding hydrogens is 256 g/mol. The molecule has 1 saturated heterocycles. The van der Waals surface area contributed by atoms with Crippen molar-refractivity contribution in [1.82, 2.24) is 10.2 Å².